The Morgan fingerprint density at radius 3 is 2.62 bits per heavy atom. The molecule has 1 aromatic rings. The van der Waals surface area contributed by atoms with Crippen molar-refractivity contribution in [3.63, 3.8) is 0 Å². The van der Waals surface area contributed by atoms with E-state index in [4.69, 9.17) is 11.6 Å². The first-order valence-corrected chi connectivity index (χ1v) is 6.92. The molecule has 0 saturated carbocycles. The minimum atomic E-state index is -0.991. The van der Waals surface area contributed by atoms with Gasteiger partial charge in [0.05, 0.1) is 16.8 Å². The van der Waals surface area contributed by atoms with Crippen LogP contribution in [0.5, 0.6) is 0 Å². The summed E-state index contributed by atoms with van der Waals surface area (Å²) in [7, 11) is 0. The Morgan fingerprint density at radius 2 is 2.00 bits per heavy atom. The Labute approximate surface area is 127 Å². The van der Waals surface area contributed by atoms with E-state index in [0.29, 0.717) is 6.42 Å². The zero-order chi connectivity index (χ0) is 16.0. The summed E-state index contributed by atoms with van der Waals surface area (Å²) >= 11 is 5.57. The molecule has 5 nitrogen and oxygen atoms in total. The predicted molar refractivity (Wildman–Crippen MR) is 78.5 cm³/mol. The maximum Gasteiger partial charge on any atom is 0.313 e. The topological polar surface area (TPSA) is 78.4 Å². The molecule has 2 amide bonds. The van der Waals surface area contributed by atoms with Gasteiger partial charge in [0.2, 0.25) is 0 Å². The molecule has 0 bridgehead atoms. The summed E-state index contributed by atoms with van der Waals surface area (Å²) in [5, 5.41) is 13.9. The van der Waals surface area contributed by atoms with Crippen molar-refractivity contribution < 1.29 is 19.1 Å². The van der Waals surface area contributed by atoms with E-state index >= 15 is 0 Å². The van der Waals surface area contributed by atoms with Crippen LogP contribution in [0.15, 0.2) is 18.2 Å². The van der Waals surface area contributed by atoms with E-state index in [0.717, 1.165) is 0 Å². The zero-order valence-electron chi connectivity index (χ0n) is 11.8. The fraction of sp³-hybridized carbons (Fsp3) is 0.429. The second kappa shape index (κ2) is 7.95. The van der Waals surface area contributed by atoms with Crippen LogP contribution in [0.1, 0.15) is 20.3 Å². The van der Waals surface area contributed by atoms with Gasteiger partial charge in [-0.05, 0) is 24.5 Å². The minimum Gasteiger partial charge on any atom is -0.393 e. The van der Waals surface area contributed by atoms with Gasteiger partial charge in [0.1, 0.15) is 0 Å². The predicted octanol–water partition coefficient (Wildman–Crippen LogP) is 1.94. The Balaban J connectivity index is 2.48. The van der Waals surface area contributed by atoms with Crippen molar-refractivity contribution in [3.05, 3.63) is 29.0 Å². The van der Waals surface area contributed by atoms with Crippen molar-refractivity contribution in [2.45, 2.75) is 26.4 Å². The maximum absolute atomic E-state index is 13.6. The molecule has 1 aromatic carbocycles. The molecule has 0 aromatic heterocycles. The van der Waals surface area contributed by atoms with Gasteiger partial charge in [-0.3, -0.25) is 9.59 Å². The number of aliphatic hydroxyl groups excluding tert-OH is 1. The number of nitrogens with one attached hydrogen (secondary N) is 2. The molecule has 3 N–H and O–H groups in total. The summed E-state index contributed by atoms with van der Waals surface area (Å²) in [6, 6.07) is 4.09. The monoisotopic (exact) mass is 316 g/mol. The van der Waals surface area contributed by atoms with E-state index < -0.39 is 23.7 Å². The summed E-state index contributed by atoms with van der Waals surface area (Å²) < 4.78 is 13.6. The molecule has 0 aliphatic heterocycles. The molecule has 0 aliphatic rings. The van der Waals surface area contributed by atoms with Crippen LogP contribution in [-0.2, 0) is 9.59 Å². The van der Waals surface area contributed by atoms with Crippen LogP contribution >= 0.6 is 11.6 Å². The van der Waals surface area contributed by atoms with Gasteiger partial charge < -0.3 is 15.7 Å². The highest BCUT2D eigenvalue weighted by molar-refractivity contribution is 6.39. The average molecular weight is 317 g/mol. The molecule has 1 unspecified atom stereocenters. The normalized spacial score (nSPS) is 12.1. The average Bonchev–Trinajstić information content (AvgIpc) is 2.43. The van der Waals surface area contributed by atoms with Gasteiger partial charge in [0.25, 0.3) is 0 Å². The van der Waals surface area contributed by atoms with Crippen LogP contribution in [0.3, 0.4) is 0 Å². The number of carbonyl (C=O) groups excluding carboxylic acids is 2. The smallest absolute Gasteiger partial charge is 0.313 e. The standard InChI is InChI=1S/C14H18ClFN2O3/c1-8(2)11(19)6-7-17-13(20)14(21)18-10-5-3-4-9(15)12(10)16/h3-5,8,11,19H,6-7H2,1-2H3,(H,17,20)(H,18,21). The van der Waals surface area contributed by atoms with Crippen LogP contribution in [0.25, 0.3) is 0 Å². The van der Waals surface area contributed by atoms with Crippen molar-refractivity contribution in [2.24, 2.45) is 5.92 Å². The third-order valence-corrected chi connectivity index (χ3v) is 3.19. The van der Waals surface area contributed by atoms with Gasteiger partial charge in [-0.25, -0.2) is 4.39 Å². The van der Waals surface area contributed by atoms with Gasteiger partial charge in [-0.15, -0.1) is 0 Å². The second-order valence-electron chi connectivity index (χ2n) is 4.91. The van der Waals surface area contributed by atoms with Gasteiger partial charge in [-0.1, -0.05) is 31.5 Å². The number of benzene rings is 1. The molecule has 0 spiro atoms. The lowest BCUT2D eigenvalue weighted by atomic mass is 10.0. The molecule has 1 atom stereocenters. The van der Waals surface area contributed by atoms with Crippen molar-refractivity contribution in [1.82, 2.24) is 5.32 Å². The first-order valence-electron chi connectivity index (χ1n) is 6.54. The molecule has 0 radical (unpaired) electrons. The summed E-state index contributed by atoms with van der Waals surface area (Å²) in [6.07, 6.45) is -0.221. The molecule has 0 heterocycles. The number of hydrogen-bond acceptors (Lipinski definition) is 3. The summed E-state index contributed by atoms with van der Waals surface area (Å²) in [5.74, 6) is -2.62. The first kappa shape index (κ1) is 17.4. The lowest BCUT2D eigenvalue weighted by Crippen LogP contribution is -2.37. The van der Waals surface area contributed by atoms with Crippen molar-refractivity contribution in [1.29, 1.82) is 0 Å². The summed E-state index contributed by atoms with van der Waals surface area (Å²) in [4.78, 5) is 23.1. The van der Waals surface area contributed by atoms with Crippen LogP contribution in [0.4, 0.5) is 10.1 Å². The van der Waals surface area contributed by atoms with Crippen LogP contribution in [0.2, 0.25) is 5.02 Å². The number of aliphatic hydroxyl groups is 1. The van der Waals surface area contributed by atoms with E-state index in [1.807, 2.05) is 13.8 Å². The van der Waals surface area contributed by atoms with Gasteiger partial charge in [-0.2, -0.15) is 0 Å². The molecule has 7 heteroatoms. The maximum atomic E-state index is 13.6. The van der Waals surface area contributed by atoms with Gasteiger partial charge >= 0.3 is 11.8 Å². The van der Waals surface area contributed by atoms with Crippen molar-refractivity contribution in [2.75, 3.05) is 11.9 Å². The lowest BCUT2D eigenvalue weighted by Gasteiger charge is -2.14. The highest BCUT2D eigenvalue weighted by Crippen LogP contribution is 2.21. The fourth-order valence-corrected chi connectivity index (χ4v) is 1.70. The molecule has 0 saturated heterocycles. The lowest BCUT2D eigenvalue weighted by molar-refractivity contribution is -0.136. The number of hydrogen-bond donors (Lipinski definition) is 3. The quantitative estimate of drug-likeness (QED) is 0.726. The molecule has 116 valence electrons. The Bertz CT molecular complexity index is 523. The van der Waals surface area contributed by atoms with Crippen molar-refractivity contribution in [3.8, 4) is 0 Å². The SMILES string of the molecule is CC(C)C(O)CCNC(=O)C(=O)Nc1cccc(Cl)c1F. The Morgan fingerprint density at radius 1 is 1.33 bits per heavy atom. The molecule has 21 heavy (non-hydrogen) atoms. The van der Waals surface area contributed by atoms with Crippen LogP contribution in [-0.4, -0.2) is 29.6 Å². The molecular formula is C14H18ClFN2O3. The number of halogens is 2. The Hall–Kier alpha value is -1.66. The molecular weight excluding hydrogens is 299 g/mol. The number of rotatable bonds is 5. The van der Waals surface area contributed by atoms with Crippen molar-refractivity contribution >= 4 is 29.1 Å². The second-order valence-corrected chi connectivity index (χ2v) is 5.32. The summed E-state index contributed by atoms with van der Waals surface area (Å²) in [5.41, 5.74) is -0.162. The summed E-state index contributed by atoms with van der Waals surface area (Å²) in [6.45, 7) is 3.85. The third kappa shape index (κ3) is 5.32. The van der Waals surface area contributed by atoms with Gasteiger partial charge in [0, 0.05) is 6.54 Å². The molecule has 0 aliphatic carbocycles. The van der Waals surface area contributed by atoms with E-state index in [9.17, 15) is 19.1 Å². The number of anilines is 1. The van der Waals surface area contributed by atoms with E-state index in [-0.39, 0.29) is 23.2 Å². The molecule has 0 fully saturated rings. The highest BCUT2D eigenvalue weighted by atomic mass is 35.5. The Kier molecular flexibility index (Phi) is 6.58. The number of carbonyl (C=O) groups is 2. The van der Waals surface area contributed by atoms with E-state index in [1.54, 1.807) is 0 Å². The zero-order valence-corrected chi connectivity index (χ0v) is 12.6. The third-order valence-electron chi connectivity index (χ3n) is 2.90. The minimum absolute atomic E-state index is 0.0660. The largest absolute Gasteiger partial charge is 0.393 e. The van der Waals surface area contributed by atoms with E-state index in [1.165, 1.54) is 18.2 Å². The highest BCUT2D eigenvalue weighted by Gasteiger charge is 2.17. The molecule has 1 rings (SSSR count). The fourth-order valence-electron chi connectivity index (χ4n) is 1.53. The number of amides is 2. The van der Waals surface area contributed by atoms with E-state index in [2.05, 4.69) is 10.6 Å². The van der Waals surface area contributed by atoms with Gasteiger partial charge in [0.15, 0.2) is 5.82 Å². The first-order chi connectivity index (χ1) is 9.82. The van der Waals surface area contributed by atoms with Crippen LogP contribution < -0.4 is 10.6 Å². The van der Waals surface area contributed by atoms with Crippen LogP contribution in [0, 0.1) is 11.7 Å².